The summed E-state index contributed by atoms with van der Waals surface area (Å²) in [6.07, 6.45) is 0. The van der Waals surface area contributed by atoms with Crippen molar-refractivity contribution in [3.63, 3.8) is 0 Å². The number of carbonyl (C=O) groups is 1. The normalized spacial score (nSPS) is 11.0. The Labute approximate surface area is 122 Å². The van der Waals surface area contributed by atoms with Crippen molar-refractivity contribution in [2.75, 3.05) is 13.1 Å². The second-order valence-corrected chi connectivity index (χ2v) is 4.71. The van der Waals surface area contributed by atoms with Crippen LogP contribution < -0.4 is 0 Å². The van der Waals surface area contributed by atoms with Gasteiger partial charge in [-0.2, -0.15) is 0 Å². The predicted molar refractivity (Wildman–Crippen MR) is 77.2 cm³/mol. The monoisotopic (exact) mass is 297 g/mol. The molecule has 1 amide bonds. The van der Waals surface area contributed by atoms with Crippen LogP contribution in [0, 0.1) is 5.82 Å². The summed E-state index contributed by atoms with van der Waals surface area (Å²) in [6, 6.07) is 4.34. The van der Waals surface area contributed by atoms with Crippen molar-refractivity contribution < 1.29 is 9.18 Å². The topological polar surface area (TPSA) is 38.1 Å². The molecule has 1 aromatic heterocycles. The van der Waals surface area contributed by atoms with Gasteiger partial charge in [0.25, 0.3) is 0 Å². The van der Waals surface area contributed by atoms with Crippen LogP contribution in [0.4, 0.5) is 4.39 Å². The smallest absolute Gasteiger partial charge is 0.242 e. The molecule has 0 bridgehead atoms. The lowest BCUT2D eigenvalue weighted by atomic mass is 10.3. The molecular formula is C14H17ClFN3O. The molecule has 0 aliphatic heterocycles. The van der Waals surface area contributed by atoms with E-state index in [1.165, 1.54) is 12.1 Å². The predicted octanol–water partition coefficient (Wildman–Crippen LogP) is 2.78. The summed E-state index contributed by atoms with van der Waals surface area (Å²) in [4.78, 5) is 18.2. The summed E-state index contributed by atoms with van der Waals surface area (Å²) in [5, 5.41) is 0. The van der Waals surface area contributed by atoms with E-state index >= 15 is 0 Å². The molecule has 0 aliphatic rings. The van der Waals surface area contributed by atoms with Crippen molar-refractivity contribution in [2.45, 2.75) is 26.3 Å². The largest absolute Gasteiger partial charge is 0.342 e. The maximum Gasteiger partial charge on any atom is 0.242 e. The number of hydrogen-bond acceptors (Lipinski definition) is 2. The van der Waals surface area contributed by atoms with Gasteiger partial charge in [0, 0.05) is 19.2 Å². The van der Waals surface area contributed by atoms with Crippen LogP contribution in [-0.4, -0.2) is 33.4 Å². The van der Waals surface area contributed by atoms with Gasteiger partial charge in [-0.05, 0) is 26.0 Å². The minimum absolute atomic E-state index is 0.00462. The average Bonchev–Trinajstić information content (AvgIpc) is 2.77. The number of alkyl halides is 1. The molecule has 0 radical (unpaired) electrons. The third-order valence-electron chi connectivity index (χ3n) is 3.32. The van der Waals surface area contributed by atoms with Crippen molar-refractivity contribution in [1.82, 2.24) is 14.5 Å². The first-order valence-corrected chi connectivity index (χ1v) is 7.12. The van der Waals surface area contributed by atoms with Crippen LogP contribution in [-0.2, 0) is 17.2 Å². The van der Waals surface area contributed by atoms with Crippen LogP contribution in [0.5, 0.6) is 0 Å². The van der Waals surface area contributed by atoms with Gasteiger partial charge >= 0.3 is 0 Å². The fraction of sp³-hybridized carbons (Fsp3) is 0.429. The Bertz CT molecular complexity index is 622. The molecule has 0 N–H and O–H groups in total. The molecule has 0 saturated carbocycles. The number of rotatable bonds is 5. The number of aromatic nitrogens is 2. The molecule has 20 heavy (non-hydrogen) atoms. The molecule has 2 aromatic rings. The standard InChI is InChI=1S/C14H17ClFN3O/c1-3-18(4-2)14(20)9-19-12-6-5-10(16)7-11(12)17-13(19)8-15/h5-7H,3-4,8-9H2,1-2H3. The third-order valence-corrected chi connectivity index (χ3v) is 3.56. The van der Waals surface area contributed by atoms with E-state index in [0.29, 0.717) is 24.4 Å². The van der Waals surface area contributed by atoms with E-state index in [4.69, 9.17) is 11.6 Å². The molecule has 0 spiro atoms. The fourth-order valence-electron chi connectivity index (χ4n) is 2.24. The highest BCUT2D eigenvalue weighted by Crippen LogP contribution is 2.19. The Morgan fingerprint density at radius 1 is 1.40 bits per heavy atom. The zero-order valence-electron chi connectivity index (χ0n) is 11.6. The number of amides is 1. The molecule has 2 rings (SSSR count). The van der Waals surface area contributed by atoms with Gasteiger partial charge in [-0.25, -0.2) is 9.37 Å². The van der Waals surface area contributed by atoms with E-state index < -0.39 is 0 Å². The Morgan fingerprint density at radius 2 is 2.10 bits per heavy atom. The van der Waals surface area contributed by atoms with Crippen molar-refractivity contribution >= 4 is 28.5 Å². The highest BCUT2D eigenvalue weighted by molar-refractivity contribution is 6.16. The quantitative estimate of drug-likeness (QED) is 0.796. The summed E-state index contributed by atoms with van der Waals surface area (Å²) in [7, 11) is 0. The Kier molecular flexibility index (Phi) is 4.60. The summed E-state index contributed by atoms with van der Waals surface area (Å²) >= 11 is 5.87. The fourth-order valence-corrected chi connectivity index (χ4v) is 2.45. The first kappa shape index (κ1) is 14.8. The van der Waals surface area contributed by atoms with Crippen molar-refractivity contribution in [1.29, 1.82) is 0 Å². The molecule has 0 aliphatic carbocycles. The second-order valence-electron chi connectivity index (χ2n) is 4.45. The molecule has 108 valence electrons. The van der Waals surface area contributed by atoms with Crippen molar-refractivity contribution in [3.8, 4) is 0 Å². The Balaban J connectivity index is 2.40. The molecule has 1 aromatic carbocycles. The number of nitrogens with zero attached hydrogens (tertiary/aromatic N) is 3. The van der Waals surface area contributed by atoms with Crippen molar-refractivity contribution in [2.24, 2.45) is 0 Å². The highest BCUT2D eigenvalue weighted by Gasteiger charge is 2.16. The first-order valence-electron chi connectivity index (χ1n) is 6.59. The third kappa shape index (κ3) is 2.77. The summed E-state index contributed by atoms with van der Waals surface area (Å²) in [5.74, 6) is 0.415. The van der Waals surface area contributed by atoms with Gasteiger partial charge < -0.3 is 9.47 Å². The minimum atomic E-state index is -0.349. The zero-order valence-corrected chi connectivity index (χ0v) is 12.3. The SMILES string of the molecule is CCN(CC)C(=O)Cn1c(CCl)nc2cc(F)ccc21. The van der Waals surface area contributed by atoms with Gasteiger partial charge in [-0.3, -0.25) is 4.79 Å². The van der Waals surface area contributed by atoms with Gasteiger partial charge in [0.15, 0.2) is 0 Å². The molecule has 1 heterocycles. The molecule has 0 fully saturated rings. The second kappa shape index (κ2) is 6.22. The van der Waals surface area contributed by atoms with Crippen LogP contribution >= 0.6 is 11.6 Å². The number of likely N-dealkylation sites (N-methyl/N-ethyl adjacent to an activating group) is 1. The number of fused-ring (bicyclic) bond motifs is 1. The lowest BCUT2D eigenvalue weighted by Gasteiger charge is -2.19. The van der Waals surface area contributed by atoms with E-state index in [-0.39, 0.29) is 24.1 Å². The minimum Gasteiger partial charge on any atom is -0.342 e. The van der Waals surface area contributed by atoms with Crippen LogP contribution in [0.25, 0.3) is 11.0 Å². The number of imidazole rings is 1. The Hall–Kier alpha value is -1.62. The van der Waals surface area contributed by atoms with Gasteiger partial charge in [0.1, 0.15) is 18.2 Å². The van der Waals surface area contributed by atoms with Crippen LogP contribution in [0.15, 0.2) is 18.2 Å². The van der Waals surface area contributed by atoms with Gasteiger partial charge in [0.2, 0.25) is 5.91 Å². The van der Waals surface area contributed by atoms with Gasteiger partial charge in [-0.1, -0.05) is 0 Å². The average molecular weight is 298 g/mol. The number of halogens is 2. The molecule has 6 heteroatoms. The van der Waals surface area contributed by atoms with Gasteiger partial charge in [-0.15, -0.1) is 11.6 Å². The molecule has 0 saturated heterocycles. The Morgan fingerprint density at radius 3 is 2.70 bits per heavy atom. The van der Waals surface area contributed by atoms with E-state index in [1.807, 2.05) is 13.8 Å². The summed E-state index contributed by atoms with van der Waals surface area (Å²) in [6.45, 7) is 5.36. The van der Waals surface area contributed by atoms with E-state index in [2.05, 4.69) is 4.98 Å². The van der Waals surface area contributed by atoms with Gasteiger partial charge in [0.05, 0.1) is 16.9 Å². The zero-order chi connectivity index (χ0) is 14.7. The number of carbonyl (C=O) groups excluding carboxylic acids is 1. The van der Waals surface area contributed by atoms with Crippen LogP contribution in [0.3, 0.4) is 0 Å². The van der Waals surface area contributed by atoms with E-state index in [1.54, 1.807) is 15.5 Å². The lowest BCUT2D eigenvalue weighted by molar-refractivity contribution is -0.131. The van der Waals surface area contributed by atoms with E-state index in [0.717, 1.165) is 5.52 Å². The lowest BCUT2D eigenvalue weighted by Crippen LogP contribution is -2.33. The summed E-state index contributed by atoms with van der Waals surface area (Å²) < 4.78 is 15.0. The molecular weight excluding hydrogens is 281 g/mol. The molecule has 0 atom stereocenters. The summed E-state index contributed by atoms with van der Waals surface area (Å²) in [5.41, 5.74) is 1.25. The van der Waals surface area contributed by atoms with Crippen LogP contribution in [0.1, 0.15) is 19.7 Å². The van der Waals surface area contributed by atoms with E-state index in [9.17, 15) is 9.18 Å². The highest BCUT2D eigenvalue weighted by atomic mass is 35.5. The maximum atomic E-state index is 13.2. The maximum absolute atomic E-state index is 13.2. The molecule has 0 unspecified atom stereocenters. The molecule has 4 nitrogen and oxygen atoms in total. The number of hydrogen-bond donors (Lipinski definition) is 0. The van der Waals surface area contributed by atoms with Crippen molar-refractivity contribution in [3.05, 3.63) is 29.8 Å². The van der Waals surface area contributed by atoms with Crippen LogP contribution in [0.2, 0.25) is 0 Å². The number of benzene rings is 1. The first-order chi connectivity index (χ1) is 9.60.